The minimum atomic E-state index is -0.480. The molecular formula is C12H22O4. The fraction of sp³-hybridized carbons (Fsp3) is 0.833. The molecule has 0 radical (unpaired) electrons. The molecule has 0 fully saturated rings. The van der Waals surface area contributed by atoms with E-state index in [-0.39, 0.29) is 23.4 Å². The van der Waals surface area contributed by atoms with Crippen LogP contribution in [0.1, 0.15) is 27.7 Å². The third-order valence-corrected chi connectivity index (χ3v) is 3.09. The van der Waals surface area contributed by atoms with Gasteiger partial charge in [0.1, 0.15) is 12.2 Å². The van der Waals surface area contributed by atoms with Crippen LogP contribution in [0.4, 0.5) is 0 Å². The topological polar surface area (TPSA) is 52.6 Å². The van der Waals surface area contributed by atoms with E-state index in [1.807, 2.05) is 13.8 Å². The first-order chi connectivity index (χ1) is 7.36. The van der Waals surface area contributed by atoms with Crippen LogP contribution in [0.25, 0.3) is 0 Å². The van der Waals surface area contributed by atoms with E-state index in [4.69, 9.17) is 9.47 Å². The molecule has 0 amide bonds. The fourth-order valence-corrected chi connectivity index (χ4v) is 2.05. The maximum Gasteiger partial charge on any atom is 0.158 e. The Labute approximate surface area is 97.3 Å². The fourth-order valence-electron chi connectivity index (χ4n) is 2.05. The van der Waals surface area contributed by atoms with Crippen LogP contribution < -0.4 is 0 Å². The summed E-state index contributed by atoms with van der Waals surface area (Å²) in [6.45, 7) is 6.78. The number of hydrogen-bond donors (Lipinski definition) is 0. The number of rotatable bonds is 7. The van der Waals surface area contributed by atoms with Gasteiger partial charge in [0.15, 0.2) is 11.6 Å². The Morgan fingerprint density at radius 2 is 1.06 bits per heavy atom. The van der Waals surface area contributed by atoms with E-state index in [2.05, 4.69) is 0 Å². The van der Waals surface area contributed by atoms with Crippen molar-refractivity contribution in [2.24, 2.45) is 11.8 Å². The van der Waals surface area contributed by atoms with Gasteiger partial charge >= 0.3 is 0 Å². The molecule has 0 aromatic carbocycles. The molecule has 0 bridgehead atoms. The second-order valence-electron chi connectivity index (χ2n) is 4.25. The van der Waals surface area contributed by atoms with E-state index in [9.17, 15) is 9.59 Å². The van der Waals surface area contributed by atoms with Gasteiger partial charge < -0.3 is 9.47 Å². The van der Waals surface area contributed by atoms with Crippen molar-refractivity contribution in [2.75, 3.05) is 14.2 Å². The normalized spacial score (nSPS) is 18.6. The Morgan fingerprint density at radius 1 is 0.812 bits per heavy atom. The molecule has 0 N–H and O–H groups in total. The van der Waals surface area contributed by atoms with E-state index >= 15 is 0 Å². The number of carbonyl (C=O) groups excluding carboxylic acids is 2. The number of carbonyl (C=O) groups is 2. The lowest BCUT2D eigenvalue weighted by Crippen LogP contribution is -2.40. The summed E-state index contributed by atoms with van der Waals surface area (Å²) in [6, 6.07) is 0. The van der Waals surface area contributed by atoms with E-state index < -0.39 is 12.2 Å². The van der Waals surface area contributed by atoms with Gasteiger partial charge in [-0.1, -0.05) is 13.8 Å². The second kappa shape index (κ2) is 6.76. The zero-order valence-corrected chi connectivity index (χ0v) is 10.9. The Bertz CT molecular complexity index is 223. The molecule has 94 valence electrons. The molecule has 0 saturated heterocycles. The summed E-state index contributed by atoms with van der Waals surface area (Å²) in [7, 11) is 3.01. The Balaban J connectivity index is 4.74. The molecule has 0 saturated carbocycles. The van der Waals surface area contributed by atoms with Crippen LogP contribution in [0.5, 0.6) is 0 Å². The van der Waals surface area contributed by atoms with Crippen LogP contribution in [-0.2, 0) is 19.1 Å². The summed E-state index contributed by atoms with van der Waals surface area (Å²) in [5.41, 5.74) is 0. The molecule has 0 spiro atoms. The van der Waals surface area contributed by atoms with Gasteiger partial charge in [0.05, 0.1) is 0 Å². The van der Waals surface area contributed by atoms with Crippen molar-refractivity contribution >= 4 is 11.6 Å². The SMILES string of the molecule is COC(C(C)=O)C(C)C(C)C(OC)C(C)=O. The van der Waals surface area contributed by atoms with Crippen molar-refractivity contribution in [1.29, 1.82) is 0 Å². The number of ketones is 2. The molecule has 0 rings (SSSR count). The Kier molecular flexibility index (Phi) is 6.45. The molecule has 4 nitrogen and oxygen atoms in total. The lowest BCUT2D eigenvalue weighted by atomic mass is 9.83. The molecule has 0 aliphatic rings. The number of Topliss-reactive ketones (excluding diaryl/α,β-unsaturated/α-hetero) is 2. The maximum absolute atomic E-state index is 11.4. The van der Waals surface area contributed by atoms with Gasteiger partial charge in [-0.05, 0) is 25.7 Å². The molecule has 0 aromatic rings. The summed E-state index contributed by atoms with van der Waals surface area (Å²) in [5.74, 6) is -0.173. The molecule has 4 unspecified atom stereocenters. The predicted molar refractivity (Wildman–Crippen MR) is 61.3 cm³/mol. The molecule has 0 heterocycles. The standard InChI is InChI=1S/C12H22O4/c1-7(11(15-5)9(3)13)8(2)12(16-6)10(4)14/h7-8,11-12H,1-6H3. The zero-order valence-electron chi connectivity index (χ0n) is 10.9. The van der Waals surface area contributed by atoms with Crippen LogP contribution in [0.15, 0.2) is 0 Å². The number of methoxy groups -OCH3 is 2. The van der Waals surface area contributed by atoms with Crippen molar-refractivity contribution in [3.63, 3.8) is 0 Å². The highest BCUT2D eigenvalue weighted by molar-refractivity contribution is 5.82. The van der Waals surface area contributed by atoms with Crippen molar-refractivity contribution in [3.8, 4) is 0 Å². The average molecular weight is 230 g/mol. The Morgan fingerprint density at radius 3 is 1.19 bits per heavy atom. The number of hydrogen-bond acceptors (Lipinski definition) is 4. The molecule has 0 aromatic heterocycles. The predicted octanol–water partition coefficient (Wildman–Crippen LogP) is 1.47. The minimum Gasteiger partial charge on any atom is -0.373 e. The third-order valence-electron chi connectivity index (χ3n) is 3.09. The van der Waals surface area contributed by atoms with Crippen LogP contribution in [0.2, 0.25) is 0 Å². The molecule has 0 aliphatic heterocycles. The Hall–Kier alpha value is -0.740. The average Bonchev–Trinajstić information content (AvgIpc) is 2.18. The monoisotopic (exact) mass is 230 g/mol. The molecule has 4 heteroatoms. The van der Waals surface area contributed by atoms with Crippen molar-refractivity contribution in [2.45, 2.75) is 39.9 Å². The minimum absolute atomic E-state index is 0.0275. The van der Waals surface area contributed by atoms with Crippen LogP contribution in [-0.4, -0.2) is 38.0 Å². The lowest BCUT2D eigenvalue weighted by Gasteiger charge is -2.30. The van der Waals surface area contributed by atoms with Crippen LogP contribution >= 0.6 is 0 Å². The summed E-state index contributed by atoms with van der Waals surface area (Å²) >= 11 is 0. The highest BCUT2D eigenvalue weighted by atomic mass is 16.5. The van der Waals surface area contributed by atoms with Crippen LogP contribution in [0.3, 0.4) is 0 Å². The first-order valence-electron chi connectivity index (χ1n) is 5.43. The van der Waals surface area contributed by atoms with Gasteiger partial charge in [0.25, 0.3) is 0 Å². The van der Waals surface area contributed by atoms with E-state index in [0.29, 0.717) is 0 Å². The summed E-state index contributed by atoms with van der Waals surface area (Å²) in [4.78, 5) is 22.7. The maximum atomic E-state index is 11.4. The lowest BCUT2D eigenvalue weighted by molar-refractivity contribution is -0.138. The molecular weight excluding hydrogens is 208 g/mol. The van der Waals surface area contributed by atoms with Crippen molar-refractivity contribution in [3.05, 3.63) is 0 Å². The van der Waals surface area contributed by atoms with Crippen molar-refractivity contribution in [1.82, 2.24) is 0 Å². The first kappa shape index (κ1) is 15.3. The largest absolute Gasteiger partial charge is 0.373 e. The smallest absolute Gasteiger partial charge is 0.158 e. The van der Waals surface area contributed by atoms with Gasteiger partial charge in [0.2, 0.25) is 0 Å². The summed E-state index contributed by atoms with van der Waals surface area (Å²) in [5, 5.41) is 0. The van der Waals surface area contributed by atoms with Gasteiger partial charge in [-0.15, -0.1) is 0 Å². The second-order valence-corrected chi connectivity index (χ2v) is 4.25. The first-order valence-corrected chi connectivity index (χ1v) is 5.43. The summed E-state index contributed by atoms with van der Waals surface area (Å²) < 4.78 is 10.3. The van der Waals surface area contributed by atoms with Crippen LogP contribution in [0, 0.1) is 11.8 Å². The van der Waals surface area contributed by atoms with Crippen molar-refractivity contribution < 1.29 is 19.1 Å². The number of ether oxygens (including phenoxy) is 2. The highest BCUT2D eigenvalue weighted by Crippen LogP contribution is 2.23. The van der Waals surface area contributed by atoms with E-state index in [0.717, 1.165) is 0 Å². The molecule has 0 aliphatic carbocycles. The summed E-state index contributed by atoms with van der Waals surface area (Å²) in [6.07, 6.45) is -0.959. The quantitative estimate of drug-likeness (QED) is 0.664. The van der Waals surface area contributed by atoms with Gasteiger partial charge in [-0.3, -0.25) is 9.59 Å². The van der Waals surface area contributed by atoms with Gasteiger partial charge in [-0.2, -0.15) is 0 Å². The highest BCUT2D eigenvalue weighted by Gasteiger charge is 2.33. The third kappa shape index (κ3) is 3.68. The zero-order chi connectivity index (χ0) is 12.9. The van der Waals surface area contributed by atoms with E-state index in [1.165, 1.54) is 28.1 Å². The van der Waals surface area contributed by atoms with Gasteiger partial charge in [0, 0.05) is 14.2 Å². The molecule has 16 heavy (non-hydrogen) atoms. The molecule has 4 atom stereocenters. The van der Waals surface area contributed by atoms with E-state index in [1.54, 1.807) is 0 Å². The van der Waals surface area contributed by atoms with Gasteiger partial charge in [-0.25, -0.2) is 0 Å².